The molecule has 178 valence electrons. The lowest BCUT2D eigenvalue weighted by Gasteiger charge is -2.32. The molecule has 7 heteroatoms. The van der Waals surface area contributed by atoms with E-state index >= 15 is 0 Å². The molecule has 0 unspecified atom stereocenters. The molecule has 4 heterocycles. The third-order valence-corrected chi connectivity index (χ3v) is 7.52. The van der Waals surface area contributed by atoms with Gasteiger partial charge in [0.15, 0.2) is 0 Å². The van der Waals surface area contributed by atoms with E-state index in [4.69, 9.17) is 0 Å². The highest BCUT2D eigenvalue weighted by molar-refractivity contribution is 6.00. The molecular weight excluding hydrogens is 431 g/mol. The molecule has 5 rings (SSSR count). The lowest BCUT2D eigenvalue weighted by atomic mass is 9.89. The van der Waals surface area contributed by atoms with Gasteiger partial charge in [0.2, 0.25) is 0 Å². The smallest absolute Gasteiger partial charge is 0.257 e. The first-order chi connectivity index (χ1) is 16.4. The van der Waals surface area contributed by atoms with Crippen LogP contribution in [0.2, 0.25) is 0 Å². The van der Waals surface area contributed by atoms with Gasteiger partial charge in [-0.05, 0) is 79.8 Å². The molecule has 2 aliphatic rings. The van der Waals surface area contributed by atoms with Gasteiger partial charge in [0.1, 0.15) is 5.82 Å². The van der Waals surface area contributed by atoms with Crippen molar-refractivity contribution in [2.45, 2.75) is 45.4 Å². The molecule has 2 saturated heterocycles. The second-order valence-electron chi connectivity index (χ2n) is 9.85. The zero-order valence-corrected chi connectivity index (χ0v) is 19.8. The minimum Gasteiger partial charge on any atom is -0.339 e. The summed E-state index contributed by atoms with van der Waals surface area (Å²) in [7, 11) is 0. The Morgan fingerprint density at radius 1 is 0.941 bits per heavy atom. The lowest BCUT2D eigenvalue weighted by molar-refractivity contribution is 0.0695. The lowest BCUT2D eigenvalue weighted by Crippen LogP contribution is -2.38. The van der Waals surface area contributed by atoms with Crippen molar-refractivity contribution in [1.29, 1.82) is 0 Å². The number of piperidine rings is 2. The van der Waals surface area contributed by atoms with E-state index < -0.39 is 0 Å². The van der Waals surface area contributed by atoms with Crippen LogP contribution in [0, 0.1) is 18.7 Å². The van der Waals surface area contributed by atoms with Gasteiger partial charge in [0.05, 0.1) is 17.3 Å². The van der Waals surface area contributed by atoms with Crippen LogP contribution < -0.4 is 0 Å². The molecule has 2 aromatic heterocycles. The Kier molecular flexibility index (Phi) is 6.11. The van der Waals surface area contributed by atoms with Crippen molar-refractivity contribution in [3.05, 3.63) is 70.8 Å². The van der Waals surface area contributed by atoms with Gasteiger partial charge in [-0.25, -0.2) is 8.91 Å². The third kappa shape index (κ3) is 4.31. The molecule has 0 aliphatic carbocycles. The number of hydrogen-bond acceptors (Lipinski definition) is 3. The topological polar surface area (TPSA) is 57.9 Å². The first-order valence-corrected chi connectivity index (χ1v) is 12.2. The Morgan fingerprint density at radius 2 is 1.62 bits per heavy atom. The van der Waals surface area contributed by atoms with Gasteiger partial charge < -0.3 is 9.80 Å². The number of aromatic nitrogens is 2. The van der Waals surface area contributed by atoms with Gasteiger partial charge in [-0.3, -0.25) is 9.59 Å². The standard InChI is InChI=1S/C27H31FN4O2/c1-18-5-10-31(11-6-18)27(34)23-17-29-32-14-9-21(16-25(23)32)20-7-12-30(13-8-20)26(33)22-4-3-19(2)24(28)15-22/h3-4,9,14-18,20H,5-8,10-13H2,1-2H3. The van der Waals surface area contributed by atoms with Gasteiger partial charge in [-0.1, -0.05) is 13.0 Å². The van der Waals surface area contributed by atoms with Gasteiger partial charge in [0.25, 0.3) is 11.8 Å². The molecule has 0 bridgehead atoms. The summed E-state index contributed by atoms with van der Waals surface area (Å²) in [5.74, 6) is 0.566. The molecule has 1 aromatic carbocycles. The van der Waals surface area contributed by atoms with Gasteiger partial charge in [0, 0.05) is 37.9 Å². The van der Waals surface area contributed by atoms with Gasteiger partial charge in [-0.15, -0.1) is 0 Å². The van der Waals surface area contributed by atoms with E-state index in [1.54, 1.807) is 29.8 Å². The first kappa shape index (κ1) is 22.6. The van der Waals surface area contributed by atoms with E-state index in [1.807, 2.05) is 16.0 Å². The largest absolute Gasteiger partial charge is 0.339 e. The van der Waals surface area contributed by atoms with Crippen LogP contribution in [0.4, 0.5) is 4.39 Å². The number of fused-ring (bicyclic) bond motifs is 1. The molecule has 2 fully saturated rings. The minimum atomic E-state index is -0.348. The van der Waals surface area contributed by atoms with E-state index in [0.29, 0.717) is 41.6 Å². The van der Waals surface area contributed by atoms with Crippen molar-refractivity contribution < 1.29 is 14.0 Å². The van der Waals surface area contributed by atoms with Crippen LogP contribution in [-0.2, 0) is 0 Å². The summed E-state index contributed by atoms with van der Waals surface area (Å²) in [5.41, 5.74) is 3.61. The molecule has 34 heavy (non-hydrogen) atoms. The van der Waals surface area contributed by atoms with Crippen LogP contribution in [0.25, 0.3) is 5.52 Å². The van der Waals surface area contributed by atoms with Crippen LogP contribution in [0.1, 0.15) is 70.4 Å². The number of aryl methyl sites for hydroxylation is 1. The summed E-state index contributed by atoms with van der Waals surface area (Å²) in [6.45, 7) is 6.78. The Balaban J connectivity index is 1.29. The number of pyridine rings is 1. The average molecular weight is 463 g/mol. The molecule has 0 N–H and O–H groups in total. The predicted molar refractivity (Wildman–Crippen MR) is 129 cm³/mol. The molecule has 0 atom stereocenters. The van der Waals surface area contributed by atoms with Gasteiger partial charge >= 0.3 is 0 Å². The van der Waals surface area contributed by atoms with Crippen LogP contribution >= 0.6 is 0 Å². The second-order valence-corrected chi connectivity index (χ2v) is 9.85. The van der Waals surface area contributed by atoms with Crippen molar-refractivity contribution in [3.8, 4) is 0 Å². The number of benzene rings is 1. The molecular formula is C27H31FN4O2. The zero-order valence-electron chi connectivity index (χ0n) is 19.8. The van der Waals surface area contributed by atoms with E-state index in [9.17, 15) is 14.0 Å². The SMILES string of the molecule is Cc1ccc(C(=O)N2CCC(c3ccn4ncc(C(=O)N5CCC(C)CC5)c4c3)CC2)cc1F. The molecule has 2 amide bonds. The first-order valence-electron chi connectivity index (χ1n) is 12.2. The van der Waals surface area contributed by atoms with Crippen LogP contribution in [-0.4, -0.2) is 57.4 Å². The average Bonchev–Trinajstić information content (AvgIpc) is 3.29. The Morgan fingerprint density at radius 3 is 2.32 bits per heavy atom. The predicted octanol–water partition coefficient (Wildman–Crippen LogP) is 4.67. The number of amides is 2. The van der Waals surface area contributed by atoms with Crippen LogP contribution in [0.5, 0.6) is 0 Å². The number of rotatable bonds is 3. The monoisotopic (exact) mass is 462 g/mol. The van der Waals surface area contributed by atoms with Crippen molar-refractivity contribution in [2.75, 3.05) is 26.2 Å². The van der Waals surface area contributed by atoms with Gasteiger partial charge in [-0.2, -0.15) is 5.10 Å². The highest BCUT2D eigenvalue weighted by atomic mass is 19.1. The molecule has 2 aliphatic heterocycles. The minimum absolute atomic E-state index is 0.0600. The molecule has 0 spiro atoms. The summed E-state index contributed by atoms with van der Waals surface area (Å²) < 4.78 is 15.7. The van der Waals surface area contributed by atoms with Crippen LogP contribution in [0.15, 0.2) is 42.7 Å². The van der Waals surface area contributed by atoms with Crippen LogP contribution in [0.3, 0.4) is 0 Å². The fraction of sp³-hybridized carbons (Fsp3) is 0.444. The Bertz CT molecular complexity index is 1220. The number of carbonyl (C=O) groups is 2. The maximum atomic E-state index is 13.9. The highest BCUT2D eigenvalue weighted by Gasteiger charge is 2.27. The van der Waals surface area contributed by atoms with E-state index in [-0.39, 0.29) is 17.6 Å². The molecule has 6 nitrogen and oxygen atoms in total. The summed E-state index contributed by atoms with van der Waals surface area (Å²) in [6, 6.07) is 8.83. The summed E-state index contributed by atoms with van der Waals surface area (Å²) in [5, 5.41) is 4.40. The Hall–Kier alpha value is -3.22. The number of likely N-dealkylation sites (tertiary alicyclic amines) is 2. The van der Waals surface area contributed by atoms with E-state index in [0.717, 1.165) is 44.3 Å². The number of hydrogen-bond donors (Lipinski definition) is 0. The highest BCUT2D eigenvalue weighted by Crippen LogP contribution is 2.30. The number of halogens is 1. The second kappa shape index (κ2) is 9.20. The normalized spacial score (nSPS) is 18.0. The molecule has 3 aromatic rings. The molecule has 0 saturated carbocycles. The Labute approximate surface area is 199 Å². The van der Waals surface area contributed by atoms with E-state index in [2.05, 4.69) is 24.2 Å². The summed E-state index contributed by atoms with van der Waals surface area (Å²) >= 11 is 0. The maximum absolute atomic E-state index is 13.9. The fourth-order valence-corrected chi connectivity index (χ4v) is 5.12. The summed E-state index contributed by atoms with van der Waals surface area (Å²) in [6.07, 6.45) is 7.36. The van der Waals surface area contributed by atoms with Crippen molar-refractivity contribution in [3.63, 3.8) is 0 Å². The number of carbonyl (C=O) groups excluding carboxylic acids is 2. The van der Waals surface area contributed by atoms with Crippen molar-refractivity contribution >= 4 is 17.3 Å². The maximum Gasteiger partial charge on any atom is 0.257 e. The van der Waals surface area contributed by atoms with E-state index in [1.165, 1.54) is 11.6 Å². The van der Waals surface area contributed by atoms with Crippen molar-refractivity contribution in [2.24, 2.45) is 5.92 Å². The quantitative estimate of drug-likeness (QED) is 0.568. The number of nitrogens with zero attached hydrogens (tertiary/aromatic N) is 4. The molecule has 0 radical (unpaired) electrons. The zero-order chi connectivity index (χ0) is 23.8. The third-order valence-electron chi connectivity index (χ3n) is 7.52. The fourth-order valence-electron chi connectivity index (χ4n) is 5.12. The van der Waals surface area contributed by atoms with Crippen molar-refractivity contribution in [1.82, 2.24) is 19.4 Å². The summed E-state index contributed by atoms with van der Waals surface area (Å²) in [4.78, 5) is 29.8.